The van der Waals surface area contributed by atoms with E-state index in [0.29, 0.717) is 11.6 Å². The van der Waals surface area contributed by atoms with Crippen LogP contribution in [0.4, 0.5) is 0 Å². The lowest BCUT2D eigenvalue weighted by atomic mass is 10.3. The third kappa shape index (κ3) is 6.94. The number of benzene rings is 1. The number of amides is 1. The van der Waals surface area contributed by atoms with Crippen molar-refractivity contribution in [3.8, 4) is 0 Å². The summed E-state index contributed by atoms with van der Waals surface area (Å²) in [6.07, 6.45) is 5.04. The Bertz CT molecular complexity index is 1460. The van der Waals surface area contributed by atoms with Crippen LogP contribution in [0.1, 0.15) is 11.4 Å². The molecule has 190 valence electrons. The Labute approximate surface area is 228 Å². The summed E-state index contributed by atoms with van der Waals surface area (Å²) in [5.74, 6) is -1.01. The van der Waals surface area contributed by atoms with Crippen molar-refractivity contribution < 1.29 is 30.7 Å². The Morgan fingerprint density at radius 1 is 1.31 bits per heavy atom. The lowest BCUT2D eigenvalue weighted by Crippen LogP contribution is -2.41. The smallest absolute Gasteiger partial charge is 0.265 e. The molecule has 2 N–H and O–H groups in total. The van der Waals surface area contributed by atoms with Crippen LogP contribution in [0.2, 0.25) is 5.02 Å². The van der Waals surface area contributed by atoms with Gasteiger partial charge >= 0.3 is 0 Å². The van der Waals surface area contributed by atoms with Crippen molar-refractivity contribution >= 4 is 105 Å². The van der Waals surface area contributed by atoms with Crippen molar-refractivity contribution in [3.63, 3.8) is 0 Å². The third-order valence-electron chi connectivity index (χ3n) is 5.03. The van der Waals surface area contributed by atoms with Crippen LogP contribution < -0.4 is 9.29 Å². The summed E-state index contributed by atoms with van der Waals surface area (Å²) in [6, 6.07) is 5.34. The third-order valence-corrected chi connectivity index (χ3v) is 11.2. The molecule has 2 aliphatic heterocycles. The van der Waals surface area contributed by atoms with Gasteiger partial charge in [0.05, 0.1) is 40.3 Å². The fourth-order valence-electron chi connectivity index (χ4n) is 3.71. The van der Waals surface area contributed by atoms with Gasteiger partial charge in [0.1, 0.15) is 4.70 Å². The van der Waals surface area contributed by atoms with Gasteiger partial charge < -0.3 is 4.90 Å². The van der Waals surface area contributed by atoms with Crippen LogP contribution in [0.3, 0.4) is 0 Å². The SMILES string of the molecule is CS(=O)(=O)NC(=O)CN1C(=Cc2sc3ccc(Cl)cc3[n+]2CCCS(=O)(=O)O)SC2SC(Br)=CC21. The second-order valence-corrected chi connectivity index (χ2v) is 16.7. The average molecular weight is 662 g/mol. The summed E-state index contributed by atoms with van der Waals surface area (Å²) in [4.78, 5) is 14.3. The number of rotatable bonds is 8. The highest BCUT2D eigenvalue weighted by Gasteiger charge is 2.42. The maximum absolute atomic E-state index is 12.5. The fourth-order valence-corrected chi connectivity index (χ4v) is 9.99. The molecule has 9 nitrogen and oxygen atoms in total. The van der Waals surface area contributed by atoms with E-state index in [9.17, 15) is 21.6 Å². The van der Waals surface area contributed by atoms with Crippen LogP contribution in [0.15, 0.2) is 33.1 Å². The zero-order chi connectivity index (χ0) is 25.5. The zero-order valence-electron chi connectivity index (χ0n) is 18.0. The molecule has 3 heterocycles. The minimum atomic E-state index is -4.10. The molecule has 1 aromatic carbocycles. The molecular formula is C19H20BrClN3O6S5+. The van der Waals surface area contributed by atoms with Gasteiger partial charge in [-0.1, -0.05) is 34.7 Å². The molecule has 1 aromatic heterocycles. The summed E-state index contributed by atoms with van der Waals surface area (Å²) < 4.78 is 60.6. The van der Waals surface area contributed by atoms with Gasteiger partial charge in [0.15, 0.2) is 6.54 Å². The van der Waals surface area contributed by atoms with E-state index >= 15 is 0 Å². The largest absolute Gasteiger partial charge is 0.348 e. The fraction of sp³-hybridized carbons (Fsp3) is 0.368. The minimum absolute atomic E-state index is 0.0819. The number of fused-ring (bicyclic) bond motifs is 2. The molecule has 35 heavy (non-hydrogen) atoms. The summed E-state index contributed by atoms with van der Waals surface area (Å²) in [5, 5.41) is 2.13. The lowest BCUT2D eigenvalue weighted by molar-refractivity contribution is -0.668. The highest BCUT2D eigenvalue weighted by atomic mass is 79.9. The van der Waals surface area contributed by atoms with Gasteiger partial charge in [-0.25, -0.2) is 8.42 Å². The maximum Gasteiger partial charge on any atom is 0.265 e. The van der Waals surface area contributed by atoms with E-state index < -0.39 is 26.0 Å². The topological polar surface area (TPSA) is 125 Å². The van der Waals surface area contributed by atoms with Crippen molar-refractivity contribution in [3.05, 3.63) is 43.1 Å². The Morgan fingerprint density at radius 3 is 2.74 bits per heavy atom. The first-order valence-electron chi connectivity index (χ1n) is 10.1. The number of nitrogens with one attached hydrogen (secondary N) is 1. The van der Waals surface area contributed by atoms with Gasteiger partial charge in [-0.15, -0.1) is 11.8 Å². The van der Waals surface area contributed by atoms with Gasteiger partial charge in [0, 0.05) is 21.3 Å². The molecular weight excluding hydrogens is 642 g/mol. The van der Waals surface area contributed by atoms with Crippen LogP contribution in [-0.2, 0) is 31.5 Å². The molecule has 0 saturated carbocycles. The van der Waals surface area contributed by atoms with Crippen molar-refractivity contribution in [2.24, 2.45) is 0 Å². The molecule has 4 rings (SSSR count). The number of carbonyl (C=O) groups is 1. The van der Waals surface area contributed by atoms with E-state index in [-0.39, 0.29) is 29.3 Å². The molecule has 1 saturated heterocycles. The molecule has 2 aromatic rings. The molecule has 0 aliphatic carbocycles. The van der Waals surface area contributed by atoms with Crippen molar-refractivity contribution in [2.45, 2.75) is 23.6 Å². The Balaban J connectivity index is 1.71. The summed E-state index contributed by atoms with van der Waals surface area (Å²) >= 11 is 14.4. The number of sulfonamides is 1. The normalized spacial score (nSPS) is 21.5. The van der Waals surface area contributed by atoms with Crippen LogP contribution in [-0.4, -0.2) is 61.4 Å². The number of aromatic nitrogens is 1. The highest BCUT2D eigenvalue weighted by molar-refractivity contribution is 9.14. The van der Waals surface area contributed by atoms with E-state index in [1.807, 2.05) is 32.4 Å². The van der Waals surface area contributed by atoms with Crippen molar-refractivity contribution in [2.75, 3.05) is 18.6 Å². The molecule has 0 spiro atoms. The predicted molar refractivity (Wildman–Crippen MR) is 146 cm³/mol. The highest BCUT2D eigenvalue weighted by Crippen LogP contribution is 2.53. The van der Waals surface area contributed by atoms with Crippen LogP contribution >= 0.6 is 62.4 Å². The quantitative estimate of drug-likeness (QED) is 0.324. The molecule has 16 heteroatoms. The Kier molecular flexibility index (Phi) is 8.18. The van der Waals surface area contributed by atoms with Gasteiger partial charge in [0.25, 0.3) is 21.0 Å². The lowest BCUT2D eigenvalue weighted by Gasteiger charge is -2.23. The van der Waals surface area contributed by atoms with Crippen molar-refractivity contribution in [1.29, 1.82) is 0 Å². The van der Waals surface area contributed by atoms with E-state index in [4.69, 9.17) is 16.2 Å². The average Bonchev–Trinajstić information content (AvgIpc) is 3.32. The maximum atomic E-state index is 12.5. The Morgan fingerprint density at radius 2 is 2.06 bits per heavy atom. The van der Waals surface area contributed by atoms with Gasteiger partial charge in [-0.05, 0) is 34.1 Å². The zero-order valence-corrected chi connectivity index (χ0v) is 24.5. The van der Waals surface area contributed by atoms with E-state index in [1.54, 1.807) is 35.7 Å². The standard InChI is InChI=1S/C19H19BrClN3O6S5/c1-34(26,27)22-16(25)10-24-13-8-15(20)32-19(13)33-18(24)9-17-23(5-2-6-35(28,29)30)12-7-11(21)3-4-14(12)31-17/h3-4,7-9,13,19H,2,5-6,10H2,1H3,(H-,22,25,28,29,30)/p+1. The van der Waals surface area contributed by atoms with E-state index in [1.165, 1.54) is 11.3 Å². The predicted octanol–water partition coefficient (Wildman–Crippen LogP) is 3.22. The monoisotopic (exact) mass is 660 g/mol. The number of thioether (sulfide) groups is 2. The molecule has 1 fully saturated rings. The molecule has 2 aliphatic rings. The molecule has 2 unspecified atom stereocenters. The number of thiazole rings is 1. The van der Waals surface area contributed by atoms with Gasteiger partial charge in [-0.3, -0.25) is 14.1 Å². The Hall–Kier alpha value is -0.810. The summed E-state index contributed by atoms with van der Waals surface area (Å²) in [7, 11) is -7.79. The van der Waals surface area contributed by atoms with Crippen molar-refractivity contribution in [1.82, 2.24) is 9.62 Å². The van der Waals surface area contributed by atoms with Crippen LogP contribution in [0.5, 0.6) is 0 Å². The number of hydrogen-bond acceptors (Lipinski definition) is 9. The van der Waals surface area contributed by atoms with Gasteiger partial charge in [-0.2, -0.15) is 13.0 Å². The second kappa shape index (κ2) is 10.5. The number of halogens is 2. The second-order valence-electron chi connectivity index (χ2n) is 7.82. The van der Waals surface area contributed by atoms with E-state index in [2.05, 4.69) is 15.9 Å². The number of nitrogens with zero attached hydrogens (tertiary/aromatic N) is 2. The first kappa shape index (κ1) is 27.2. The molecule has 1 amide bonds. The molecule has 0 radical (unpaired) electrons. The van der Waals surface area contributed by atoms with Crippen LogP contribution in [0.25, 0.3) is 16.3 Å². The number of hydrogen-bond donors (Lipinski definition) is 2. The number of carbonyl (C=O) groups excluding carboxylic acids is 1. The first-order chi connectivity index (χ1) is 16.3. The van der Waals surface area contributed by atoms with Gasteiger partial charge in [0.2, 0.25) is 15.5 Å². The molecule has 0 bridgehead atoms. The first-order valence-corrected chi connectivity index (χ1v) is 17.3. The number of aryl methyl sites for hydroxylation is 1. The summed E-state index contributed by atoms with van der Waals surface area (Å²) in [5.41, 5.74) is 0.825. The summed E-state index contributed by atoms with van der Waals surface area (Å²) in [6.45, 7) is 0.176. The molecule has 2 atom stereocenters. The van der Waals surface area contributed by atoms with E-state index in [0.717, 1.165) is 30.3 Å². The minimum Gasteiger partial charge on any atom is -0.348 e. The van der Waals surface area contributed by atoms with Crippen LogP contribution in [0, 0.1) is 0 Å².